The number of nitrogens with zero attached hydrogens (tertiary/aromatic N) is 1. The maximum Gasteiger partial charge on any atom is 0.328 e. The zero-order chi connectivity index (χ0) is 11.5. The molecule has 0 saturated carbocycles. The Hall–Kier alpha value is -1.87. The second-order valence-electron chi connectivity index (χ2n) is 3.23. The fourth-order valence-corrected chi connectivity index (χ4v) is 1.70. The monoisotopic (exact) mass is 233 g/mol. The highest BCUT2D eigenvalue weighted by Gasteiger charge is 2.02. The van der Waals surface area contributed by atoms with Crippen molar-refractivity contribution in [3.05, 3.63) is 47.3 Å². The number of carboxylic acid groups (broad SMARTS) is 1. The predicted octanol–water partition coefficient (Wildman–Crippen LogP) is 2.99. The first-order valence-electron chi connectivity index (χ1n) is 4.62. The van der Waals surface area contributed by atoms with Gasteiger partial charge >= 0.3 is 5.97 Å². The molecule has 0 radical (unpaired) electrons. The second-order valence-corrected chi connectivity index (χ2v) is 3.64. The van der Waals surface area contributed by atoms with Crippen molar-refractivity contribution >= 4 is 34.4 Å². The standard InChI is InChI=1S/C12H8ClNO2/c13-11-3-1-8(2-4-12(15)16)9-5-6-14-7-10(9)11/h1-7H,(H,15,16)/b4-2+. The largest absolute Gasteiger partial charge is 0.478 e. The van der Waals surface area contributed by atoms with E-state index < -0.39 is 5.97 Å². The van der Waals surface area contributed by atoms with Gasteiger partial charge in [-0.2, -0.15) is 0 Å². The molecule has 0 spiro atoms. The molecule has 1 aromatic carbocycles. The summed E-state index contributed by atoms with van der Waals surface area (Å²) in [5.74, 6) is -0.975. The molecular weight excluding hydrogens is 226 g/mol. The zero-order valence-corrected chi connectivity index (χ0v) is 8.98. The van der Waals surface area contributed by atoms with E-state index in [4.69, 9.17) is 16.7 Å². The molecule has 0 bridgehead atoms. The van der Waals surface area contributed by atoms with Crippen LogP contribution in [0.4, 0.5) is 0 Å². The first kappa shape index (κ1) is 10.6. The molecule has 0 aliphatic carbocycles. The molecule has 1 aromatic heterocycles. The number of carboxylic acids is 1. The lowest BCUT2D eigenvalue weighted by atomic mass is 10.1. The Morgan fingerprint density at radius 2 is 2.12 bits per heavy atom. The summed E-state index contributed by atoms with van der Waals surface area (Å²) in [6.07, 6.45) is 5.96. The molecule has 0 atom stereocenters. The minimum absolute atomic E-state index is 0.607. The smallest absolute Gasteiger partial charge is 0.328 e. The van der Waals surface area contributed by atoms with E-state index >= 15 is 0 Å². The molecule has 0 aliphatic heterocycles. The van der Waals surface area contributed by atoms with Crippen LogP contribution in [-0.2, 0) is 4.79 Å². The summed E-state index contributed by atoms with van der Waals surface area (Å²) in [7, 11) is 0. The predicted molar refractivity (Wildman–Crippen MR) is 63.4 cm³/mol. The van der Waals surface area contributed by atoms with E-state index in [9.17, 15) is 4.79 Å². The first-order chi connectivity index (χ1) is 7.68. The van der Waals surface area contributed by atoms with Crippen LogP contribution in [0.25, 0.3) is 16.8 Å². The van der Waals surface area contributed by atoms with Crippen molar-refractivity contribution in [2.75, 3.05) is 0 Å². The highest BCUT2D eigenvalue weighted by molar-refractivity contribution is 6.35. The van der Waals surface area contributed by atoms with Gasteiger partial charge < -0.3 is 5.11 Å². The van der Waals surface area contributed by atoms with Crippen LogP contribution in [0.1, 0.15) is 5.56 Å². The van der Waals surface area contributed by atoms with Crippen molar-refractivity contribution in [3.63, 3.8) is 0 Å². The maximum atomic E-state index is 10.5. The van der Waals surface area contributed by atoms with Crippen molar-refractivity contribution in [2.24, 2.45) is 0 Å². The fourth-order valence-electron chi connectivity index (χ4n) is 1.49. The topological polar surface area (TPSA) is 50.2 Å². The molecule has 0 amide bonds. The van der Waals surface area contributed by atoms with Gasteiger partial charge in [0, 0.05) is 28.9 Å². The second kappa shape index (κ2) is 4.33. The zero-order valence-electron chi connectivity index (χ0n) is 8.22. The van der Waals surface area contributed by atoms with Gasteiger partial charge in [-0.3, -0.25) is 4.98 Å². The van der Waals surface area contributed by atoms with Crippen LogP contribution in [0.2, 0.25) is 5.02 Å². The average Bonchev–Trinajstić information content (AvgIpc) is 2.28. The molecule has 16 heavy (non-hydrogen) atoms. The number of aromatic nitrogens is 1. The Labute approximate surface area is 97.0 Å². The number of fused-ring (bicyclic) bond motifs is 1. The molecule has 1 heterocycles. The van der Waals surface area contributed by atoms with E-state index in [-0.39, 0.29) is 0 Å². The fraction of sp³-hybridized carbons (Fsp3) is 0. The Balaban J connectivity index is 2.63. The summed E-state index contributed by atoms with van der Waals surface area (Å²) in [5, 5.41) is 10.9. The summed E-state index contributed by atoms with van der Waals surface area (Å²) in [6.45, 7) is 0. The lowest BCUT2D eigenvalue weighted by Crippen LogP contribution is -1.87. The summed E-state index contributed by atoms with van der Waals surface area (Å²) < 4.78 is 0. The Bertz CT molecular complexity index is 578. The SMILES string of the molecule is O=C(O)/C=C/c1ccc(Cl)c2cnccc12. The Morgan fingerprint density at radius 1 is 1.31 bits per heavy atom. The normalized spacial score (nSPS) is 11.1. The number of hydrogen-bond acceptors (Lipinski definition) is 2. The van der Waals surface area contributed by atoms with Crippen LogP contribution in [0, 0.1) is 0 Å². The first-order valence-corrected chi connectivity index (χ1v) is 4.99. The molecule has 1 N–H and O–H groups in total. The van der Waals surface area contributed by atoms with Gasteiger partial charge in [-0.1, -0.05) is 17.7 Å². The molecule has 3 nitrogen and oxygen atoms in total. The summed E-state index contributed by atoms with van der Waals surface area (Å²) in [6, 6.07) is 5.32. The average molecular weight is 234 g/mol. The van der Waals surface area contributed by atoms with Gasteiger partial charge in [0.25, 0.3) is 0 Å². The number of carbonyl (C=O) groups is 1. The molecular formula is C12H8ClNO2. The molecule has 0 unspecified atom stereocenters. The van der Waals surface area contributed by atoms with Crippen LogP contribution < -0.4 is 0 Å². The van der Waals surface area contributed by atoms with Gasteiger partial charge in [0.05, 0.1) is 0 Å². The number of pyridine rings is 1. The van der Waals surface area contributed by atoms with Crippen molar-refractivity contribution < 1.29 is 9.90 Å². The third-order valence-electron chi connectivity index (χ3n) is 2.20. The molecule has 2 rings (SSSR count). The Morgan fingerprint density at radius 3 is 2.88 bits per heavy atom. The van der Waals surface area contributed by atoms with Gasteiger partial charge in [-0.25, -0.2) is 4.79 Å². The number of hydrogen-bond donors (Lipinski definition) is 1. The molecule has 80 valence electrons. The molecule has 0 aliphatic rings. The van der Waals surface area contributed by atoms with E-state index in [1.807, 2.05) is 6.07 Å². The molecule has 4 heteroatoms. The van der Waals surface area contributed by atoms with Crippen LogP contribution in [0.5, 0.6) is 0 Å². The van der Waals surface area contributed by atoms with Crippen molar-refractivity contribution in [1.82, 2.24) is 4.98 Å². The van der Waals surface area contributed by atoms with E-state index in [1.165, 1.54) is 0 Å². The van der Waals surface area contributed by atoms with E-state index in [2.05, 4.69) is 4.98 Å². The van der Waals surface area contributed by atoms with Crippen LogP contribution in [-0.4, -0.2) is 16.1 Å². The van der Waals surface area contributed by atoms with Gasteiger partial charge in [-0.15, -0.1) is 0 Å². The van der Waals surface area contributed by atoms with E-state index in [0.717, 1.165) is 22.4 Å². The van der Waals surface area contributed by atoms with Crippen molar-refractivity contribution in [1.29, 1.82) is 0 Å². The molecule has 0 fully saturated rings. The van der Waals surface area contributed by atoms with Crippen LogP contribution in [0.15, 0.2) is 36.7 Å². The van der Waals surface area contributed by atoms with Gasteiger partial charge in [0.15, 0.2) is 0 Å². The van der Waals surface area contributed by atoms with Crippen LogP contribution in [0.3, 0.4) is 0 Å². The van der Waals surface area contributed by atoms with Gasteiger partial charge in [0.1, 0.15) is 0 Å². The van der Waals surface area contributed by atoms with E-state index in [1.54, 1.807) is 30.6 Å². The van der Waals surface area contributed by atoms with Crippen molar-refractivity contribution in [3.8, 4) is 0 Å². The highest BCUT2D eigenvalue weighted by atomic mass is 35.5. The summed E-state index contributed by atoms with van der Waals surface area (Å²) in [4.78, 5) is 14.4. The summed E-state index contributed by atoms with van der Waals surface area (Å²) >= 11 is 6.01. The minimum atomic E-state index is -0.975. The van der Waals surface area contributed by atoms with Crippen molar-refractivity contribution in [2.45, 2.75) is 0 Å². The maximum absolute atomic E-state index is 10.5. The number of benzene rings is 1. The van der Waals surface area contributed by atoms with Crippen LogP contribution >= 0.6 is 11.6 Å². The van der Waals surface area contributed by atoms with E-state index in [0.29, 0.717) is 5.02 Å². The van der Waals surface area contributed by atoms with Gasteiger partial charge in [0.2, 0.25) is 0 Å². The minimum Gasteiger partial charge on any atom is -0.478 e. The lowest BCUT2D eigenvalue weighted by Gasteiger charge is -2.03. The number of rotatable bonds is 2. The third-order valence-corrected chi connectivity index (χ3v) is 2.53. The lowest BCUT2D eigenvalue weighted by molar-refractivity contribution is -0.131. The molecule has 2 aromatic rings. The number of aliphatic carboxylic acids is 1. The molecule has 0 saturated heterocycles. The quantitative estimate of drug-likeness (QED) is 0.812. The van der Waals surface area contributed by atoms with Gasteiger partial charge in [-0.05, 0) is 29.2 Å². The third kappa shape index (κ3) is 2.04. The summed E-state index contributed by atoms with van der Waals surface area (Å²) in [5.41, 5.74) is 0.809. The Kier molecular flexibility index (Phi) is 2.88. The number of halogens is 1. The highest BCUT2D eigenvalue weighted by Crippen LogP contribution is 2.26.